The van der Waals surface area contributed by atoms with Crippen LogP contribution in [0.3, 0.4) is 0 Å². The van der Waals surface area contributed by atoms with Crippen LogP contribution in [0.4, 0.5) is 17.8 Å². The predicted octanol–water partition coefficient (Wildman–Crippen LogP) is 2.36. The van der Waals surface area contributed by atoms with Crippen molar-refractivity contribution in [2.24, 2.45) is 5.92 Å². The van der Waals surface area contributed by atoms with Crippen molar-refractivity contribution in [1.29, 1.82) is 0 Å². The lowest BCUT2D eigenvalue weighted by molar-refractivity contribution is 0.508. The predicted molar refractivity (Wildman–Crippen MR) is 83.4 cm³/mol. The monoisotopic (exact) mass is 278 g/mol. The normalized spacial score (nSPS) is 16.6. The minimum absolute atomic E-state index is 0.383. The van der Waals surface area contributed by atoms with Crippen LogP contribution in [0.25, 0.3) is 0 Å². The highest BCUT2D eigenvalue weighted by Crippen LogP contribution is 2.20. The summed E-state index contributed by atoms with van der Waals surface area (Å²) in [6, 6.07) is 0.383. The molecule has 1 unspecified atom stereocenters. The Kier molecular flexibility index (Phi) is 4.98. The highest BCUT2D eigenvalue weighted by molar-refractivity contribution is 5.44. The Balaban J connectivity index is 2.20. The maximum atomic E-state index is 4.59. The molecular formula is C14H26N6. The van der Waals surface area contributed by atoms with Gasteiger partial charge in [-0.2, -0.15) is 15.0 Å². The standard InChI is InChI=1S/C14H26N6/c1-5-11(10(2)3)16-13-17-12(15-4)18-14(19-13)20-8-6-7-9-20/h10-11H,5-9H2,1-4H3,(H2,15,16,17,18,19). The molecule has 0 saturated carbocycles. The number of rotatable bonds is 6. The average molecular weight is 278 g/mol. The molecule has 0 bridgehead atoms. The van der Waals surface area contributed by atoms with E-state index in [-0.39, 0.29) is 0 Å². The van der Waals surface area contributed by atoms with E-state index >= 15 is 0 Å². The molecule has 1 aliphatic rings. The lowest BCUT2D eigenvalue weighted by Crippen LogP contribution is -2.27. The van der Waals surface area contributed by atoms with Crippen LogP contribution in [0, 0.1) is 5.92 Å². The lowest BCUT2D eigenvalue weighted by atomic mass is 10.0. The van der Waals surface area contributed by atoms with Gasteiger partial charge in [-0.15, -0.1) is 0 Å². The second-order valence-corrected chi connectivity index (χ2v) is 5.63. The molecule has 112 valence electrons. The van der Waals surface area contributed by atoms with Crippen LogP contribution in [0.2, 0.25) is 0 Å². The summed E-state index contributed by atoms with van der Waals surface area (Å²) in [6.45, 7) is 8.67. The average Bonchev–Trinajstić information content (AvgIpc) is 2.98. The highest BCUT2D eigenvalue weighted by Gasteiger charge is 2.18. The summed E-state index contributed by atoms with van der Waals surface area (Å²) in [7, 11) is 1.84. The van der Waals surface area contributed by atoms with Gasteiger partial charge in [0.2, 0.25) is 17.8 Å². The Morgan fingerprint density at radius 2 is 1.75 bits per heavy atom. The van der Waals surface area contributed by atoms with E-state index in [2.05, 4.69) is 51.3 Å². The van der Waals surface area contributed by atoms with E-state index in [0.717, 1.165) is 25.5 Å². The molecule has 2 rings (SSSR count). The largest absolute Gasteiger partial charge is 0.357 e. The molecule has 0 spiro atoms. The first-order chi connectivity index (χ1) is 9.63. The van der Waals surface area contributed by atoms with Crippen LogP contribution in [0.5, 0.6) is 0 Å². The van der Waals surface area contributed by atoms with Gasteiger partial charge in [0, 0.05) is 26.2 Å². The number of nitrogens with one attached hydrogen (secondary N) is 2. The topological polar surface area (TPSA) is 66.0 Å². The third-order valence-electron chi connectivity index (χ3n) is 3.80. The highest BCUT2D eigenvalue weighted by atomic mass is 15.3. The summed E-state index contributed by atoms with van der Waals surface area (Å²) in [4.78, 5) is 15.7. The van der Waals surface area contributed by atoms with Gasteiger partial charge in [0.05, 0.1) is 0 Å². The summed E-state index contributed by atoms with van der Waals surface area (Å²) in [6.07, 6.45) is 3.48. The molecular weight excluding hydrogens is 252 g/mol. The molecule has 1 atom stereocenters. The van der Waals surface area contributed by atoms with E-state index in [0.29, 0.717) is 23.9 Å². The molecule has 6 heteroatoms. The van der Waals surface area contributed by atoms with Crippen LogP contribution in [-0.2, 0) is 0 Å². The fraction of sp³-hybridized carbons (Fsp3) is 0.786. The summed E-state index contributed by atoms with van der Waals surface area (Å²) < 4.78 is 0. The van der Waals surface area contributed by atoms with Gasteiger partial charge < -0.3 is 15.5 Å². The Hall–Kier alpha value is -1.59. The maximum absolute atomic E-state index is 4.59. The van der Waals surface area contributed by atoms with Crippen molar-refractivity contribution < 1.29 is 0 Å². The molecule has 2 N–H and O–H groups in total. The van der Waals surface area contributed by atoms with Crippen molar-refractivity contribution in [3.8, 4) is 0 Å². The zero-order valence-corrected chi connectivity index (χ0v) is 13.0. The molecule has 0 aliphatic carbocycles. The molecule has 1 aliphatic heterocycles. The third-order valence-corrected chi connectivity index (χ3v) is 3.80. The number of hydrogen-bond donors (Lipinski definition) is 2. The molecule has 1 aromatic rings. The SMILES string of the molecule is CCC(Nc1nc(NC)nc(N2CCCC2)n1)C(C)C. The van der Waals surface area contributed by atoms with Crippen LogP contribution < -0.4 is 15.5 Å². The number of hydrogen-bond acceptors (Lipinski definition) is 6. The van der Waals surface area contributed by atoms with Gasteiger partial charge in [-0.25, -0.2) is 0 Å². The van der Waals surface area contributed by atoms with E-state index in [1.54, 1.807) is 0 Å². The van der Waals surface area contributed by atoms with Crippen LogP contribution in [0.15, 0.2) is 0 Å². The van der Waals surface area contributed by atoms with Crippen molar-refractivity contribution in [2.45, 2.75) is 46.1 Å². The molecule has 1 aromatic heterocycles. The first-order valence-corrected chi connectivity index (χ1v) is 7.59. The minimum atomic E-state index is 0.383. The van der Waals surface area contributed by atoms with Crippen molar-refractivity contribution in [2.75, 3.05) is 35.7 Å². The van der Waals surface area contributed by atoms with E-state index in [1.807, 2.05) is 7.05 Å². The zero-order chi connectivity index (χ0) is 14.5. The fourth-order valence-electron chi connectivity index (χ4n) is 2.51. The van der Waals surface area contributed by atoms with Gasteiger partial charge in [0.25, 0.3) is 0 Å². The Morgan fingerprint density at radius 1 is 1.10 bits per heavy atom. The van der Waals surface area contributed by atoms with Crippen LogP contribution in [-0.4, -0.2) is 41.1 Å². The summed E-state index contributed by atoms with van der Waals surface area (Å²) in [5.41, 5.74) is 0. The van der Waals surface area contributed by atoms with E-state index in [4.69, 9.17) is 0 Å². The fourth-order valence-corrected chi connectivity index (χ4v) is 2.51. The number of nitrogens with zero attached hydrogens (tertiary/aromatic N) is 4. The molecule has 1 saturated heterocycles. The van der Waals surface area contributed by atoms with Gasteiger partial charge in [-0.3, -0.25) is 0 Å². The Bertz CT molecular complexity index is 428. The molecule has 0 radical (unpaired) electrons. The van der Waals surface area contributed by atoms with E-state index < -0.39 is 0 Å². The Labute approximate surface area is 121 Å². The molecule has 0 amide bonds. The van der Waals surface area contributed by atoms with Gasteiger partial charge in [0.1, 0.15) is 0 Å². The first-order valence-electron chi connectivity index (χ1n) is 7.59. The summed E-state index contributed by atoms with van der Waals surface area (Å²) in [5, 5.41) is 6.46. The lowest BCUT2D eigenvalue weighted by Gasteiger charge is -2.22. The first kappa shape index (κ1) is 14.8. The van der Waals surface area contributed by atoms with Crippen molar-refractivity contribution in [3.05, 3.63) is 0 Å². The van der Waals surface area contributed by atoms with Gasteiger partial charge in [0.15, 0.2) is 0 Å². The van der Waals surface area contributed by atoms with Crippen molar-refractivity contribution in [3.63, 3.8) is 0 Å². The van der Waals surface area contributed by atoms with Gasteiger partial charge in [-0.05, 0) is 25.2 Å². The van der Waals surface area contributed by atoms with Crippen molar-refractivity contribution in [1.82, 2.24) is 15.0 Å². The maximum Gasteiger partial charge on any atom is 0.231 e. The summed E-state index contributed by atoms with van der Waals surface area (Å²) in [5.74, 6) is 2.63. The number of aromatic nitrogens is 3. The molecule has 20 heavy (non-hydrogen) atoms. The second kappa shape index (κ2) is 6.72. The second-order valence-electron chi connectivity index (χ2n) is 5.63. The number of anilines is 3. The quantitative estimate of drug-likeness (QED) is 0.832. The van der Waals surface area contributed by atoms with Crippen LogP contribution >= 0.6 is 0 Å². The molecule has 1 fully saturated rings. The molecule has 2 heterocycles. The van der Waals surface area contributed by atoms with Gasteiger partial charge in [-0.1, -0.05) is 20.8 Å². The minimum Gasteiger partial charge on any atom is -0.357 e. The van der Waals surface area contributed by atoms with E-state index in [1.165, 1.54) is 12.8 Å². The third kappa shape index (κ3) is 3.49. The van der Waals surface area contributed by atoms with Gasteiger partial charge >= 0.3 is 0 Å². The van der Waals surface area contributed by atoms with Crippen LogP contribution in [0.1, 0.15) is 40.0 Å². The smallest absolute Gasteiger partial charge is 0.231 e. The van der Waals surface area contributed by atoms with Crippen molar-refractivity contribution >= 4 is 17.8 Å². The molecule has 6 nitrogen and oxygen atoms in total. The Morgan fingerprint density at radius 3 is 2.30 bits per heavy atom. The summed E-state index contributed by atoms with van der Waals surface area (Å²) >= 11 is 0. The van der Waals surface area contributed by atoms with E-state index in [9.17, 15) is 0 Å². The molecule has 0 aromatic carbocycles. The zero-order valence-electron chi connectivity index (χ0n) is 13.0.